The minimum atomic E-state index is -0.692. The van der Waals surface area contributed by atoms with Crippen LogP contribution in [0.5, 0.6) is 0 Å². The highest BCUT2D eigenvalue weighted by Crippen LogP contribution is 2.39. The normalized spacial score (nSPS) is 21.7. The summed E-state index contributed by atoms with van der Waals surface area (Å²) in [5, 5.41) is 20.8. The van der Waals surface area contributed by atoms with Gasteiger partial charge in [-0.15, -0.1) is 0 Å². The van der Waals surface area contributed by atoms with Gasteiger partial charge in [-0.3, -0.25) is 4.90 Å². The molecule has 0 bridgehead atoms. The van der Waals surface area contributed by atoms with Gasteiger partial charge in [0.25, 0.3) is 0 Å². The van der Waals surface area contributed by atoms with E-state index in [1.807, 2.05) is 49.3 Å². The van der Waals surface area contributed by atoms with Crippen LogP contribution in [0.4, 0.5) is 5.82 Å². The Morgan fingerprint density at radius 3 is 2.62 bits per heavy atom. The smallest absolute Gasteiger partial charge is 0.339 e. The van der Waals surface area contributed by atoms with E-state index in [1.165, 1.54) is 13.2 Å². The minimum absolute atomic E-state index is 0.275. The molecule has 2 atom stereocenters. The van der Waals surface area contributed by atoms with Crippen LogP contribution in [0.25, 0.3) is 0 Å². The number of pyridine rings is 1. The van der Waals surface area contributed by atoms with Gasteiger partial charge in [0, 0.05) is 13.1 Å². The summed E-state index contributed by atoms with van der Waals surface area (Å²) in [6.45, 7) is 2.65. The average molecular weight is 394 g/mol. The molecule has 1 aliphatic rings. The van der Waals surface area contributed by atoms with Gasteiger partial charge in [-0.1, -0.05) is 30.3 Å². The van der Waals surface area contributed by atoms with E-state index in [4.69, 9.17) is 4.74 Å². The lowest BCUT2D eigenvalue weighted by Gasteiger charge is -2.50. The monoisotopic (exact) mass is 394 g/mol. The number of aliphatic hydroxyl groups is 1. The minimum Gasteiger partial charge on any atom is -0.465 e. The number of carbonyl (C=O) groups excluding carboxylic acids is 1. The third-order valence-corrected chi connectivity index (χ3v) is 5.80. The van der Waals surface area contributed by atoms with Crippen molar-refractivity contribution in [2.45, 2.75) is 25.0 Å². The molecule has 1 aliphatic heterocycles. The molecular weight excluding hydrogens is 368 g/mol. The molecule has 2 aromatic rings. The summed E-state index contributed by atoms with van der Waals surface area (Å²) >= 11 is 0. The largest absolute Gasteiger partial charge is 0.465 e. The zero-order valence-corrected chi connectivity index (χ0v) is 17.2. The van der Waals surface area contributed by atoms with Crippen molar-refractivity contribution < 1.29 is 14.6 Å². The zero-order chi connectivity index (χ0) is 21.2. The molecule has 1 aromatic carbocycles. The van der Waals surface area contributed by atoms with Crippen molar-refractivity contribution in [2.24, 2.45) is 0 Å². The number of benzene rings is 1. The number of aryl methyl sites for hydroxylation is 1. The molecule has 0 aliphatic carbocycles. The van der Waals surface area contributed by atoms with Gasteiger partial charge in [0.15, 0.2) is 0 Å². The molecule has 7 heteroatoms. The summed E-state index contributed by atoms with van der Waals surface area (Å²) in [4.78, 5) is 20.4. The number of esters is 1. The Labute approximate surface area is 171 Å². The molecule has 2 heterocycles. The number of β-amino-alcohol motifs (C(OH)–C–C–N with tert-alkyl or cyclic N) is 1. The molecule has 152 valence electrons. The predicted molar refractivity (Wildman–Crippen MR) is 110 cm³/mol. The first-order chi connectivity index (χ1) is 13.8. The number of rotatable bonds is 4. The van der Waals surface area contributed by atoms with Crippen LogP contribution in [0.2, 0.25) is 0 Å². The maximum absolute atomic E-state index is 11.9. The number of aliphatic hydroxyl groups excluding tert-OH is 1. The molecular formula is C22H26N4O3. The number of hydrogen-bond acceptors (Lipinski definition) is 7. The van der Waals surface area contributed by atoms with Crippen LogP contribution < -0.4 is 4.90 Å². The summed E-state index contributed by atoms with van der Waals surface area (Å²) in [5.41, 5.74) is 1.60. The van der Waals surface area contributed by atoms with Crippen molar-refractivity contribution in [3.63, 3.8) is 0 Å². The van der Waals surface area contributed by atoms with Crippen molar-refractivity contribution in [1.82, 2.24) is 9.88 Å². The zero-order valence-electron chi connectivity index (χ0n) is 17.2. The van der Waals surface area contributed by atoms with E-state index in [2.05, 4.69) is 16.0 Å². The van der Waals surface area contributed by atoms with E-state index in [9.17, 15) is 15.2 Å². The number of likely N-dealkylation sites (N-methyl/N-ethyl adjacent to an activating group) is 1. The lowest BCUT2D eigenvalue weighted by molar-refractivity contribution is -0.0247. The van der Waals surface area contributed by atoms with Gasteiger partial charge in [0.05, 0.1) is 35.6 Å². The number of hydrogen-bond donors (Lipinski definition) is 1. The Morgan fingerprint density at radius 2 is 2.07 bits per heavy atom. The first-order valence-corrected chi connectivity index (χ1v) is 9.51. The lowest BCUT2D eigenvalue weighted by atomic mass is 9.77. The molecule has 0 spiro atoms. The van der Waals surface area contributed by atoms with Gasteiger partial charge < -0.3 is 14.7 Å². The van der Waals surface area contributed by atoms with Gasteiger partial charge in [0.1, 0.15) is 11.9 Å². The third-order valence-electron chi connectivity index (χ3n) is 5.80. The van der Waals surface area contributed by atoms with Crippen LogP contribution in [-0.4, -0.2) is 61.4 Å². The maximum Gasteiger partial charge on any atom is 0.339 e. The molecule has 1 saturated heterocycles. The summed E-state index contributed by atoms with van der Waals surface area (Å²) in [6, 6.07) is 13.6. The number of anilines is 1. The third kappa shape index (κ3) is 3.57. The highest BCUT2D eigenvalue weighted by Gasteiger charge is 2.46. The second kappa shape index (κ2) is 8.19. The highest BCUT2D eigenvalue weighted by molar-refractivity contribution is 5.91. The van der Waals surface area contributed by atoms with Crippen molar-refractivity contribution in [2.75, 3.05) is 39.2 Å². The van der Waals surface area contributed by atoms with Crippen molar-refractivity contribution in [3.8, 4) is 6.07 Å². The quantitative estimate of drug-likeness (QED) is 0.794. The Balaban J connectivity index is 1.96. The first kappa shape index (κ1) is 20.8. The van der Waals surface area contributed by atoms with Crippen LogP contribution in [-0.2, 0) is 10.3 Å². The molecule has 0 amide bonds. The number of methoxy groups -OCH3 is 1. The van der Waals surface area contributed by atoms with Crippen molar-refractivity contribution >= 4 is 11.8 Å². The molecule has 0 radical (unpaired) electrons. The van der Waals surface area contributed by atoms with Crippen LogP contribution in [0.1, 0.15) is 33.6 Å². The molecule has 29 heavy (non-hydrogen) atoms. The van der Waals surface area contributed by atoms with E-state index in [1.54, 1.807) is 6.92 Å². The van der Waals surface area contributed by atoms with Crippen molar-refractivity contribution in [1.29, 1.82) is 5.26 Å². The van der Waals surface area contributed by atoms with Crippen molar-refractivity contribution in [3.05, 3.63) is 58.8 Å². The summed E-state index contributed by atoms with van der Waals surface area (Å²) in [5.74, 6) is -0.0375. The molecule has 3 rings (SSSR count). The van der Waals surface area contributed by atoms with E-state index in [0.29, 0.717) is 36.6 Å². The fourth-order valence-electron chi connectivity index (χ4n) is 4.19. The fraction of sp³-hybridized carbons (Fsp3) is 0.409. The molecule has 1 aromatic heterocycles. The van der Waals surface area contributed by atoms with Crippen LogP contribution in [0.15, 0.2) is 36.4 Å². The molecule has 7 nitrogen and oxygen atoms in total. The van der Waals surface area contributed by atoms with Gasteiger partial charge in [-0.05, 0) is 39.1 Å². The fourth-order valence-corrected chi connectivity index (χ4v) is 4.19. The van der Waals surface area contributed by atoms with E-state index in [-0.39, 0.29) is 5.56 Å². The average Bonchev–Trinajstić information content (AvgIpc) is 2.73. The number of nitrogens with zero attached hydrogens (tertiary/aromatic N) is 4. The number of carbonyl (C=O) groups is 1. The molecule has 1 N–H and O–H groups in total. The Kier molecular flexibility index (Phi) is 5.87. The van der Waals surface area contributed by atoms with Crippen LogP contribution in [0, 0.1) is 18.3 Å². The Morgan fingerprint density at radius 1 is 1.38 bits per heavy atom. The lowest BCUT2D eigenvalue weighted by Crippen LogP contribution is -2.60. The summed E-state index contributed by atoms with van der Waals surface area (Å²) in [7, 11) is 5.24. The maximum atomic E-state index is 11.9. The Hall–Kier alpha value is -2.95. The van der Waals surface area contributed by atoms with Gasteiger partial charge in [-0.2, -0.15) is 5.26 Å². The van der Waals surface area contributed by atoms with Crippen LogP contribution >= 0.6 is 0 Å². The predicted octanol–water partition coefficient (Wildman–Crippen LogP) is 2.08. The number of nitriles is 1. The van der Waals surface area contributed by atoms with Gasteiger partial charge in [-0.25, -0.2) is 9.78 Å². The van der Waals surface area contributed by atoms with Crippen LogP contribution in [0.3, 0.4) is 0 Å². The van der Waals surface area contributed by atoms with Gasteiger partial charge in [0.2, 0.25) is 0 Å². The van der Waals surface area contributed by atoms with Gasteiger partial charge >= 0.3 is 5.97 Å². The Bertz CT molecular complexity index is 939. The van der Waals surface area contributed by atoms with E-state index >= 15 is 0 Å². The molecule has 1 fully saturated rings. The number of ether oxygens (including phenoxy) is 1. The summed E-state index contributed by atoms with van der Waals surface area (Å²) < 4.78 is 4.77. The standard InChI is InChI=1S/C22H26N4O3/c1-15-18(21(28)29-4)12-16(13-23)20(24-15)26-11-10-22(25(2)3,19(27)14-26)17-8-6-5-7-9-17/h5-9,12,19,27H,10-11,14H2,1-4H3/t19-,22+/m1/s1. The number of piperidine rings is 1. The SMILES string of the molecule is COC(=O)c1cc(C#N)c(N2CC[C@@](c3ccccc3)(N(C)C)[C@H](O)C2)nc1C. The highest BCUT2D eigenvalue weighted by atomic mass is 16.5. The van der Waals surface area contributed by atoms with E-state index < -0.39 is 17.6 Å². The molecule has 0 unspecified atom stereocenters. The number of aromatic nitrogens is 1. The van der Waals surface area contributed by atoms with E-state index in [0.717, 1.165) is 5.56 Å². The topological polar surface area (TPSA) is 89.7 Å². The molecule has 0 saturated carbocycles. The second-order valence-corrected chi connectivity index (χ2v) is 7.49. The second-order valence-electron chi connectivity index (χ2n) is 7.49. The summed E-state index contributed by atoms with van der Waals surface area (Å²) in [6.07, 6.45) is -0.0298. The first-order valence-electron chi connectivity index (χ1n) is 9.51.